The SMILES string of the molecule is NNC(Cc1cccc(F)c1F)c1cc(Br)ccc1I. The van der Waals surface area contributed by atoms with Crippen LogP contribution in [-0.4, -0.2) is 0 Å². The van der Waals surface area contributed by atoms with Crippen LogP contribution in [0.5, 0.6) is 0 Å². The Balaban J connectivity index is 2.34. The van der Waals surface area contributed by atoms with Gasteiger partial charge < -0.3 is 0 Å². The lowest BCUT2D eigenvalue weighted by atomic mass is 9.99. The zero-order valence-electron chi connectivity index (χ0n) is 10.3. The van der Waals surface area contributed by atoms with Crippen molar-refractivity contribution in [2.45, 2.75) is 12.5 Å². The fraction of sp³-hybridized carbons (Fsp3) is 0.143. The number of nitrogens with one attached hydrogen (secondary N) is 1. The first-order valence-corrected chi connectivity index (χ1v) is 7.74. The first-order valence-electron chi connectivity index (χ1n) is 5.87. The molecule has 0 amide bonds. The molecule has 2 rings (SSSR count). The average molecular weight is 453 g/mol. The molecule has 2 aromatic rings. The molecule has 0 aliphatic rings. The predicted molar refractivity (Wildman–Crippen MR) is 87.0 cm³/mol. The summed E-state index contributed by atoms with van der Waals surface area (Å²) in [6.45, 7) is 0. The topological polar surface area (TPSA) is 38.0 Å². The molecule has 1 unspecified atom stereocenters. The minimum absolute atomic E-state index is 0.270. The van der Waals surface area contributed by atoms with E-state index >= 15 is 0 Å². The highest BCUT2D eigenvalue weighted by Crippen LogP contribution is 2.27. The number of rotatable bonds is 4. The highest BCUT2D eigenvalue weighted by Gasteiger charge is 2.17. The van der Waals surface area contributed by atoms with Crippen LogP contribution in [0.3, 0.4) is 0 Å². The monoisotopic (exact) mass is 452 g/mol. The summed E-state index contributed by atoms with van der Waals surface area (Å²) in [4.78, 5) is 0. The second kappa shape index (κ2) is 6.93. The van der Waals surface area contributed by atoms with Crippen molar-refractivity contribution in [3.05, 3.63) is 67.2 Å². The summed E-state index contributed by atoms with van der Waals surface area (Å²) in [6, 6.07) is 9.64. The molecule has 0 bridgehead atoms. The lowest BCUT2D eigenvalue weighted by Crippen LogP contribution is -2.30. The second-order valence-electron chi connectivity index (χ2n) is 4.30. The molecular formula is C14H12BrF2IN2. The van der Waals surface area contributed by atoms with Gasteiger partial charge in [0.15, 0.2) is 11.6 Å². The molecule has 106 valence electrons. The molecule has 0 heterocycles. The van der Waals surface area contributed by atoms with Gasteiger partial charge in [-0.1, -0.05) is 28.1 Å². The maximum Gasteiger partial charge on any atom is 0.162 e. The van der Waals surface area contributed by atoms with Gasteiger partial charge in [0.1, 0.15) is 0 Å². The van der Waals surface area contributed by atoms with Crippen molar-refractivity contribution >= 4 is 38.5 Å². The Bertz CT molecular complexity index is 622. The van der Waals surface area contributed by atoms with Gasteiger partial charge in [0.2, 0.25) is 0 Å². The molecule has 2 aromatic carbocycles. The number of nitrogens with two attached hydrogens (primary N) is 1. The van der Waals surface area contributed by atoms with E-state index in [9.17, 15) is 8.78 Å². The van der Waals surface area contributed by atoms with E-state index in [1.165, 1.54) is 6.07 Å². The average Bonchev–Trinajstić information content (AvgIpc) is 2.43. The van der Waals surface area contributed by atoms with Crippen LogP contribution in [0.25, 0.3) is 0 Å². The lowest BCUT2D eigenvalue weighted by Gasteiger charge is -2.19. The summed E-state index contributed by atoms with van der Waals surface area (Å²) in [5.41, 5.74) is 3.90. The zero-order chi connectivity index (χ0) is 14.7. The Labute approximate surface area is 138 Å². The zero-order valence-corrected chi connectivity index (χ0v) is 14.1. The summed E-state index contributed by atoms with van der Waals surface area (Å²) >= 11 is 5.59. The van der Waals surface area contributed by atoms with Gasteiger partial charge in [-0.3, -0.25) is 11.3 Å². The van der Waals surface area contributed by atoms with Gasteiger partial charge >= 0.3 is 0 Å². The molecule has 0 spiro atoms. The highest BCUT2D eigenvalue weighted by molar-refractivity contribution is 14.1. The van der Waals surface area contributed by atoms with Crippen molar-refractivity contribution < 1.29 is 8.78 Å². The standard InChI is InChI=1S/C14H12BrF2IN2/c15-9-4-5-12(18)10(7-9)13(20-19)6-8-2-1-3-11(16)14(8)17/h1-5,7,13,20H,6,19H2. The molecular weight excluding hydrogens is 441 g/mol. The van der Waals surface area contributed by atoms with Crippen LogP contribution in [-0.2, 0) is 6.42 Å². The summed E-state index contributed by atoms with van der Waals surface area (Å²) < 4.78 is 28.9. The maximum atomic E-state index is 13.7. The third-order valence-corrected chi connectivity index (χ3v) is 4.47. The molecule has 3 N–H and O–H groups in total. The third-order valence-electron chi connectivity index (χ3n) is 2.99. The number of hydrogen-bond acceptors (Lipinski definition) is 2. The van der Waals surface area contributed by atoms with Crippen molar-refractivity contribution in [1.29, 1.82) is 0 Å². The van der Waals surface area contributed by atoms with Crippen LogP contribution < -0.4 is 11.3 Å². The first kappa shape index (κ1) is 15.8. The number of halogens is 4. The lowest BCUT2D eigenvalue weighted by molar-refractivity contribution is 0.480. The van der Waals surface area contributed by atoms with E-state index in [0.717, 1.165) is 19.7 Å². The minimum Gasteiger partial charge on any atom is -0.271 e. The molecule has 2 nitrogen and oxygen atoms in total. The van der Waals surface area contributed by atoms with Crippen LogP contribution in [0.1, 0.15) is 17.2 Å². The quantitative estimate of drug-likeness (QED) is 0.416. The van der Waals surface area contributed by atoms with Gasteiger partial charge in [-0.05, 0) is 64.4 Å². The molecule has 0 fully saturated rings. The molecule has 0 radical (unpaired) electrons. The first-order chi connectivity index (χ1) is 9.52. The van der Waals surface area contributed by atoms with Gasteiger partial charge in [0.05, 0.1) is 6.04 Å². The summed E-state index contributed by atoms with van der Waals surface area (Å²) in [7, 11) is 0. The van der Waals surface area contributed by atoms with E-state index < -0.39 is 11.6 Å². The van der Waals surface area contributed by atoms with Gasteiger partial charge in [0, 0.05) is 8.04 Å². The van der Waals surface area contributed by atoms with Gasteiger partial charge in [-0.2, -0.15) is 0 Å². The minimum atomic E-state index is -0.845. The Hall–Kier alpha value is -0.570. The van der Waals surface area contributed by atoms with Gasteiger partial charge in [0.25, 0.3) is 0 Å². The fourth-order valence-electron chi connectivity index (χ4n) is 1.97. The maximum absolute atomic E-state index is 13.7. The van der Waals surface area contributed by atoms with Crippen molar-refractivity contribution in [2.75, 3.05) is 0 Å². The second-order valence-corrected chi connectivity index (χ2v) is 6.38. The van der Waals surface area contributed by atoms with Crippen LogP contribution in [0.4, 0.5) is 8.78 Å². The van der Waals surface area contributed by atoms with Crippen LogP contribution in [0.2, 0.25) is 0 Å². The fourth-order valence-corrected chi connectivity index (χ4v) is 3.06. The molecule has 0 saturated heterocycles. The molecule has 6 heteroatoms. The van der Waals surface area contributed by atoms with Gasteiger partial charge in [-0.25, -0.2) is 8.78 Å². The van der Waals surface area contributed by atoms with E-state index in [4.69, 9.17) is 5.84 Å². The number of benzene rings is 2. The van der Waals surface area contributed by atoms with E-state index in [1.807, 2.05) is 18.2 Å². The van der Waals surface area contributed by atoms with Crippen molar-refractivity contribution in [2.24, 2.45) is 5.84 Å². The van der Waals surface area contributed by atoms with Crippen LogP contribution in [0, 0.1) is 15.2 Å². The number of hydrazine groups is 1. The highest BCUT2D eigenvalue weighted by atomic mass is 127. The van der Waals surface area contributed by atoms with Crippen LogP contribution in [0.15, 0.2) is 40.9 Å². The summed E-state index contributed by atoms with van der Waals surface area (Å²) in [5.74, 6) is 3.91. The predicted octanol–water partition coefficient (Wildman–Crippen LogP) is 4.08. The van der Waals surface area contributed by atoms with Crippen molar-refractivity contribution in [3.8, 4) is 0 Å². The smallest absolute Gasteiger partial charge is 0.162 e. The third kappa shape index (κ3) is 3.55. The van der Waals surface area contributed by atoms with E-state index in [0.29, 0.717) is 5.56 Å². The van der Waals surface area contributed by atoms with Crippen molar-refractivity contribution in [1.82, 2.24) is 5.43 Å². The van der Waals surface area contributed by atoms with E-state index in [2.05, 4.69) is 43.9 Å². The van der Waals surface area contributed by atoms with Gasteiger partial charge in [-0.15, -0.1) is 0 Å². The molecule has 0 aliphatic heterocycles. The number of hydrogen-bond donors (Lipinski definition) is 2. The molecule has 0 saturated carbocycles. The van der Waals surface area contributed by atoms with E-state index in [1.54, 1.807) is 6.07 Å². The van der Waals surface area contributed by atoms with Crippen molar-refractivity contribution in [3.63, 3.8) is 0 Å². The van der Waals surface area contributed by atoms with E-state index in [-0.39, 0.29) is 12.5 Å². The van der Waals surface area contributed by atoms with Crippen LogP contribution >= 0.6 is 38.5 Å². The molecule has 20 heavy (non-hydrogen) atoms. The Kier molecular flexibility index (Phi) is 5.48. The summed E-state index contributed by atoms with van der Waals surface area (Å²) in [5, 5.41) is 0. The summed E-state index contributed by atoms with van der Waals surface area (Å²) in [6.07, 6.45) is 0.270. The largest absolute Gasteiger partial charge is 0.271 e. The molecule has 0 aromatic heterocycles. The Morgan fingerprint density at radius 2 is 2.00 bits per heavy atom. The molecule has 0 aliphatic carbocycles. The molecule has 1 atom stereocenters. The Morgan fingerprint density at radius 3 is 2.70 bits per heavy atom. The normalized spacial score (nSPS) is 12.4. The Morgan fingerprint density at radius 1 is 1.25 bits per heavy atom.